The molecular formula is C15H23F2N3. The number of piperazine rings is 1. The Labute approximate surface area is 119 Å². The minimum Gasteiger partial charge on any atom is -0.364 e. The van der Waals surface area contributed by atoms with E-state index >= 15 is 0 Å². The fourth-order valence-electron chi connectivity index (χ4n) is 2.70. The van der Waals surface area contributed by atoms with Gasteiger partial charge in [0, 0.05) is 32.2 Å². The number of hydrogen-bond donors (Lipinski definition) is 1. The van der Waals surface area contributed by atoms with Gasteiger partial charge in [0.2, 0.25) is 0 Å². The summed E-state index contributed by atoms with van der Waals surface area (Å²) in [6.07, 6.45) is 0.484. The highest BCUT2D eigenvalue weighted by molar-refractivity contribution is 5.51. The first-order valence-electron chi connectivity index (χ1n) is 7.22. The first kappa shape index (κ1) is 15.2. The van der Waals surface area contributed by atoms with Crippen molar-refractivity contribution in [1.82, 2.24) is 4.90 Å². The van der Waals surface area contributed by atoms with Crippen molar-refractivity contribution in [3.8, 4) is 0 Å². The maximum atomic E-state index is 14.2. The lowest BCUT2D eigenvalue weighted by atomic mass is 10.1. The van der Waals surface area contributed by atoms with E-state index in [0.29, 0.717) is 25.1 Å². The molecule has 1 fully saturated rings. The highest BCUT2D eigenvalue weighted by Crippen LogP contribution is 2.26. The lowest BCUT2D eigenvalue weighted by Crippen LogP contribution is -2.46. The summed E-state index contributed by atoms with van der Waals surface area (Å²) in [6.45, 7) is 7.91. The predicted molar refractivity (Wildman–Crippen MR) is 78.0 cm³/mol. The van der Waals surface area contributed by atoms with Gasteiger partial charge in [-0.15, -0.1) is 0 Å². The van der Waals surface area contributed by atoms with E-state index in [2.05, 4.69) is 11.8 Å². The standard InChI is InChI=1S/C15H23F2N3/c1-3-19-4-6-20(7-5-19)15-13(16)9-12(8-11(2)18)10-14(15)17/h9-11H,3-8,18H2,1-2H3. The number of rotatable bonds is 4. The molecule has 20 heavy (non-hydrogen) atoms. The molecule has 112 valence electrons. The van der Waals surface area contributed by atoms with Crippen molar-refractivity contribution in [3.05, 3.63) is 29.3 Å². The van der Waals surface area contributed by atoms with Gasteiger partial charge >= 0.3 is 0 Å². The summed E-state index contributed by atoms with van der Waals surface area (Å²) in [5.74, 6) is -0.962. The number of benzene rings is 1. The Bertz CT molecular complexity index is 431. The van der Waals surface area contributed by atoms with E-state index in [0.717, 1.165) is 19.6 Å². The van der Waals surface area contributed by atoms with Crippen LogP contribution in [0.25, 0.3) is 0 Å². The van der Waals surface area contributed by atoms with Gasteiger partial charge in [-0.25, -0.2) is 8.78 Å². The Kier molecular flexibility index (Phi) is 4.94. The summed E-state index contributed by atoms with van der Waals surface area (Å²) >= 11 is 0. The highest BCUT2D eigenvalue weighted by Gasteiger charge is 2.22. The molecule has 0 radical (unpaired) electrons. The summed E-state index contributed by atoms with van der Waals surface area (Å²) in [6, 6.07) is 2.72. The van der Waals surface area contributed by atoms with E-state index in [4.69, 9.17) is 5.73 Å². The normalized spacial score (nSPS) is 18.4. The largest absolute Gasteiger partial charge is 0.364 e. The van der Waals surface area contributed by atoms with E-state index in [9.17, 15) is 8.78 Å². The van der Waals surface area contributed by atoms with Gasteiger partial charge in [0.05, 0.1) is 0 Å². The fraction of sp³-hybridized carbons (Fsp3) is 0.600. The van der Waals surface area contributed by atoms with Gasteiger partial charge in [0.25, 0.3) is 0 Å². The van der Waals surface area contributed by atoms with Gasteiger partial charge in [-0.2, -0.15) is 0 Å². The van der Waals surface area contributed by atoms with E-state index in [1.165, 1.54) is 12.1 Å². The van der Waals surface area contributed by atoms with E-state index in [-0.39, 0.29) is 11.7 Å². The molecule has 1 aliphatic heterocycles. The molecule has 1 heterocycles. The SMILES string of the molecule is CCN1CCN(c2c(F)cc(CC(C)N)cc2F)CC1. The molecule has 1 unspecified atom stereocenters. The van der Waals surface area contributed by atoms with Crippen LogP contribution in [-0.2, 0) is 6.42 Å². The van der Waals surface area contributed by atoms with Crippen LogP contribution in [0.4, 0.5) is 14.5 Å². The summed E-state index contributed by atoms with van der Waals surface area (Å²) in [4.78, 5) is 4.07. The van der Waals surface area contributed by atoms with Crippen LogP contribution >= 0.6 is 0 Å². The van der Waals surface area contributed by atoms with E-state index in [1.54, 1.807) is 4.90 Å². The molecule has 0 aliphatic carbocycles. The number of likely N-dealkylation sites (N-methyl/N-ethyl adjacent to an activating group) is 1. The number of anilines is 1. The van der Waals surface area contributed by atoms with Crippen LogP contribution in [0.3, 0.4) is 0 Å². The van der Waals surface area contributed by atoms with Crippen LogP contribution in [0.5, 0.6) is 0 Å². The monoisotopic (exact) mass is 283 g/mol. The topological polar surface area (TPSA) is 32.5 Å². The third kappa shape index (κ3) is 3.46. The second-order valence-corrected chi connectivity index (χ2v) is 5.51. The Hall–Kier alpha value is -1.20. The van der Waals surface area contributed by atoms with Gasteiger partial charge < -0.3 is 15.5 Å². The first-order chi connectivity index (χ1) is 9.51. The van der Waals surface area contributed by atoms with E-state index < -0.39 is 11.6 Å². The molecule has 1 saturated heterocycles. The number of nitrogens with zero attached hydrogens (tertiary/aromatic N) is 2. The summed E-state index contributed by atoms with van der Waals surface area (Å²) < 4.78 is 28.4. The van der Waals surface area contributed by atoms with Crippen molar-refractivity contribution in [2.24, 2.45) is 5.73 Å². The third-order valence-electron chi connectivity index (χ3n) is 3.77. The molecule has 2 N–H and O–H groups in total. The molecule has 1 atom stereocenters. The lowest BCUT2D eigenvalue weighted by Gasteiger charge is -2.35. The highest BCUT2D eigenvalue weighted by atomic mass is 19.1. The molecular weight excluding hydrogens is 260 g/mol. The minimum atomic E-state index is -0.481. The fourth-order valence-corrected chi connectivity index (χ4v) is 2.70. The average molecular weight is 283 g/mol. The van der Waals surface area contributed by atoms with Gasteiger partial charge in [-0.1, -0.05) is 6.92 Å². The van der Waals surface area contributed by atoms with Gasteiger partial charge in [0.1, 0.15) is 17.3 Å². The summed E-state index contributed by atoms with van der Waals surface area (Å²) in [7, 11) is 0. The Morgan fingerprint density at radius 1 is 1.15 bits per heavy atom. The summed E-state index contributed by atoms with van der Waals surface area (Å²) in [5, 5.41) is 0. The molecule has 2 rings (SSSR count). The zero-order chi connectivity index (χ0) is 14.7. The Balaban J connectivity index is 2.16. The molecule has 0 aromatic heterocycles. The molecule has 0 saturated carbocycles. The van der Waals surface area contributed by atoms with Crippen molar-refractivity contribution in [3.63, 3.8) is 0 Å². The van der Waals surface area contributed by atoms with Crippen LogP contribution in [0.2, 0.25) is 0 Å². The van der Waals surface area contributed by atoms with Gasteiger partial charge in [-0.3, -0.25) is 0 Å². The van der Waals surface area contributed by atoms with Crippen LogP contribution in [0.15, 0.2) is 12.1 Å². The summed E-state index contributed by atoms with van der Waals surface area (Å²) in [5.41, 5.74) is 6.40. The zero-order valence-corrected chi connectivity index (χ0v) is 12.2. The molecule has 5 heteroatoms. The molecule has 0 spiro atoms. The van der Waals surface area contributed by atoms with Gasteiger partial charge in [0.15, 0.2) is 0 Å². The average Bonchev–Trinajstić information content (AvgIpc) is 2.38. The van der Waals surface area contributed by atoms with Crippen LogP contribution in [0, 0.1) is 11.6 Å². The van der Waals surface area contributed by atoms with Crippen molar-refractivity contribution in [1.29, 1.82) is 0 Å². The third-order valence-corrected chi connectivity index (χ3v) is 3.77. The Morgan fingerprint density at radius 3 is 2.15 bits per heavy atom. The van der Waals surface area contributed by atoms with Crippen LogP contribution in [-0.4, -0.2) is 43.7 Å². The maximum Gasteiger partial charge on any atom is 0.149 e. The van der Waals surface area contributed by atoms with Crippen molar-refractivity contribution < 1.29 is 8.78 Å². The predicted octanol–water partition coefficient (Wildman–Crippen LogP) is 2.00. The second kappa shape index (κ2) is 6.50. The van der Waals surface area contributed by atoms with Crippen molar-refractivity contribution in [2.75, 3.05) is 37.6 Å². The smallest absolute Gasteiger partial charge is 0.149 e. The van der Waals surface area contributed by atoms with Crippen molar-refractivity contribution >= 4 is 5.69 Å². The van der Waals surface area contributed by atoms with E-state index in [1.807, 2.05) is 6.92 Å². The van der Waals surface area contributed by atoms with Crippen molar-refractivity contribution in [2.45, 2.75) is 26.3 Å². The molecule has 1 aromatic rings. The minimum absolute atomic E-state index is 0.104. The number of hydrogen-bond acceptors (Lipinski definition) is 3. The quantitative estimate of drug-likeness (QED) is 0.917. The van der Waals surface area contributed by atoms with Gasteiger partial charge in [-0.05, 0) is 37.6 Å². The lowest BCUT2D eigenvalue weighted by molar-refractivity contribution is 0.269. The first-order valence-corrected chi connectivity index (χ1v) is 7.22. The van der Waals surface area contributed by atoms with Crippen LogP contribution < -0.4 is 10.6 Å². The molecule has 0 amide bonds. The molecule has 1 aromatic carbocycles. The number of halogens is 2. The number of nitrogens with two attached hydrogens (primary N) is 1. The molecule has 0 bridgehead atoms. The Morgan fingerprint density at radius 2 is 1.70 bits per heavy atom. The molecule has 1 aliphatic rings. The zero-order valence-electron chi connectivity index (χ0n) is 12.2. The molecule has 3 nitrogen and oxygen atoms in total. The second-order valence-electron chi connectivity index (χ2n) is 5.51. The maximum absolute atomic E-state index is 14.2. The van der Waals surface area contributed by atoms with Crippen LogP contribution in [0.1, 0.15) is 19.4 Å².